The molecule has 0 aliphatic carbocycles. The number of benzene rings is 1. The molecule has 1 aromatic heterocycles. The van der Waals surface area contributed by atoms with E-state index in [0.29, 0.717) is 12.1 Å². The summed E-state index contributed by atoms with van der Waals surface area (Å²) in [4.78, 5) is 11.4. The van der Waals surface area contributed by atoms with Crippen LogP contribution in [0.2, 0.25) is 0 Å². The van der Waals surface area contributed by atoms with Gasteiger partial charge in [0.2, 0.25) is 0 Å². The predicted molar refractivity (Wildman–Crippen MR) is 71.2 cm³/mol. The number of aromatic nitrogens is 1. The third-order valence-electron chi connectivity index (χ3n) is 3.54. The summed E-state index contributed by atoms with van der Waals surface area (Å²) >= 11 is 0. The van der Waals surface area contributed by atoms with Gasteiger partial charge in [-0.2, -0.15) is 0 Å². The van der Waals surface area contributed by atoms with Gasteiger partial charge in [0.25, 0.3) is 0 Å². The molecule has 0 spiro atoms. The molecule has 0 aliphatic heterocycles. The number of hydrogen-bond donors (Lipinski definition) is 2. The van der Waals surface area contributed by atoms with E-state index in [0.717, 1.165) is 17.5 Å². The van der Waals surface area contributed by atoms with Gasteiger partial charge in [0.1, 0.15) is 0 Å². The average molecular weight is 249 g/mol. The summed E-state index contributed by atoms with van der Waals surface area (Å²) in [5, 5.41) is 0. The van der Waals surface area contributed by atoms with Crippen molar-refractivity contribution in [2.45, 2.75) is 19.4 Å². The van der Waals surface area contributed by atoms with Crippen molar-refractivity contribution in [3.8, 4) is 0 Å². The normalized spacial score (nSPS) is 14.9. The molecule has 2 aromatic rings. The molecule has 0 aliphatic rings. The minimum absolute atomic E-state index is 0.116. The number of nitrogens with two attached hydrogens (primary N) is 2. The number of rotatable bonds is 4. The molecular formula is C13H19N3O2. The van der Waals surface area contributed by atoms with Crippen LogP contribution < -0.4 is 17.2 Å². The summed E-state index contributed by atoms with van der Waals surface area (Å²) in [7, 11) is 1.68. The van der Waals surface area contributed by atoms with Crippen LogP contribution in [0.1, 0.15) is 24.9 Å². The van der Waals surface area contributed by atoms with Gasteiger partial charge < -0.3 is 15.9 Å². The van der Waals surface area contributed by atoms with Crippen molar-refractivity contribution >= 4 is 11.1 Å². The topological polar surface area (TPSA) is 87.2 Å². The molecule has 0 saturated heterocycles. The van der Waals surface area contributed by atoms with Crippen LogP contribution in [-0.4, -0.2) is 11.1 Å². The zero-order valence-electron chi connectivity index (χ0n) is 10.7. The SMILES string of the molecule is CCC(CN)C(N)c1ccc2oc(=O)n(C)c2c1. The minimum Gasteiger partial charge on any atom is -0.408 e. The number of nitrogens with zero attached hydrogens (tertiary/aromatic N) is 1. The van der Waals surface area contributed by atoms with Crippen molar-refractivity contribution in [3.63, 3.8) is 0 Å². The van der Waals surface area contributed by atoms with E-state index in [2.05, 4.69) is 6.92 Å². The molecule has 18 heavy (non-hydrogen) atoms. The fourth-order valence-electron chi connectivity index (χ4n) is 2.19. The lowest BCUT2D eigenvalue weighted by atomic mass is 9.91. The van der Waals surface area contributed by atoms with E-state index in [1.165, 1.54) is 4.57 Å². The van der Waals surface area contributed by atoms with Crippen molar-refractivity contribution < 1.29 is 4.42 Å². The fourth-order valence-corrected chi connectivity index (χ4v) is 2.19. The molecular weight excluding hydrogens is 230 g/mol. The Morgan fingerprint density at radius 3 is 2.78 bits per heavy atom. The van der Waals surface area contributed by atoms with E-state index in [1.54, 1.807) is 13.1 Å². The zero-order chi connectivity index (χ0) is 13.3. The minimum atomic E-state index is -0.360. The van der Waals surface area contributed by atoms with Gasteiger partial charge in [0.05, 0.1) is 5.52 Å². The van der Waals surface area contributed by atoms with Crippen LogP contribution in [0, 0.1) is 5.92 Å². The molecule has 98 valence electrons. The molecule has 1 aromatic carbocycles. The largest absolute Gasteiger partial charge is 0.419 e. The third kappa shape index (κ3) is 2.07. The number of hydrogen-bond acceptors (Lipinski definition) is 4. The van der Waals surface area contributed by atoms with Gasteiger partial charge in [-0.3, -0.25) is 4.57 Å². The van der Waals surface area contributed by atoms with Crippen LogP contribution in [0.25, 0.3) is 11.1 Å². The Morgan fingerprint density at radius 1 is 1.44 bits per heavy atom. The predicted octanol–water partition coefficient (Wildman–Crippen LogP) is 1.12. The first-order chi connectivity index (χ1) is 8.58. The smallest absolute Gasteiger partial charge is 0.408 e. The van der Waals surface area contributed by atoms with Crippen molar-refractivity contribution in [2.75, 3.05) is 6.54 Å². The summed E-state index contributed by atoms with van der Waals surface area (Å²) in [6.07, 6.45) is 0.931. The first-order valence-electron chi connectivity index (χ1n) is 6.13. The summed E-state index contributed by atoms with van der Waals surface area (Å²) in [6, 6.07) is 5.47. The van der Waals surface area contributed by atoms with Gasteiger partial charge in [0, 0.05) is 13.1 Å². The van der Waals surface area contributed by atoms with Crippen LogP contribution in [0.3, 0.4) is 0 Å². The lowest BCUT2D eigenvalue weighted by Crippen LogP contribution is -2.27. The van der Waals surface area contributed by atoms with Crippen LogP contribution in [0.15, 0.2) is 27.4 Å². The van der Waals surface area contributed by atoms with Crippen LogP contribution in [-0.2, 0) is 7.05 Å². The van der Waals surface area contributed by atoms with Crippen molar-refractivity contribution in [2.24, 2.45) is 24.4 Å². The van der Waals surface area contributed by atoms with Crippen LogP contribution in [0.4, 0.5) is 0 Å². The summed E-state index contributed by atoms with van der Waals surface area (Å²) in [6.45, 7) is 2.63. The summed E-state index contributed by atoms with van der Waals surface area (Å²) in [5.74, 6) is -0.118. The highest BCUT2D eigenvalue weighted by molar-refractivity contribution is 5.73. The van der Waals surface area contributed by atoms with Gasteiger partial charge in [-0.05, 0) is 30.2 Å². The summed E-state index contributed by atoms with van der Waals surface area (Å²) < 4.78 is 6.57. The second-order valence-electron chi connectivity index (χ2n) is 4.58. The second kappa shape index (κ2) is 4.96. The molecule has 0 amide bonds. The monoisotopic (exact) mass is 249 g/mol. The highest BCUT2D eigenvalue weighted by atomic mass is 16.4. The molecule has 4 N–H and O–H groups in total. The zero-order valence-corrected chi connectivity index (χ0v) is 10.7. The molecule has 0 radical (unpaired) electrons. The van der Waals surface area contributed by atoms with E-state index in [-0.39, 0.29) is 17.7 Å². The molecule has 2 unspecified atom stereocenters. The van der Waals surface area contributed by atoms with Gasteiger partial charge in [0.15, 0.2) is 5.58 Å². The highest BCUT2D eigenvalue weighted by Crippen LogP contribution is 2.24. The highest BCUT2D eigenvalue weighted by Gasteiger charge is 2.17. The van der Waals surface area contributed by atoms with Crippen molar-refractivity contribution in [1.82, 2.24) is 4.57 Å². The number of fused-ring (bicyclic) bond motifs is 1. The van der Waals surface area contributed by atoms with Gasteiger partial charge in [-0.15, -0.1) is 0 Å². The Morgan fingerprint density at radius 2 is 2.17 bits per heavy atom. The molecule has 0 bridgehead atoms. The fraction of sp³-hybridized carbons (Fsp3) is 0.462. The molecule has 5 heteroatoms. The lowest BCUT2D eigenvalue weighted by molar-refractivity contribution is 0.428. The van der Waals surface area contributed by atoms with E-state index >= 15 is 0 Å². The second-order valence-corrected chi connectivity index (χ2v) is 4.58. The molecule has 5 nitrogen and oxygen atoms in total. The quantitative estimate of drug-likeness (QED) is 0.850. The van der Waals surface area contributed by atoms with Crippen molar-refractivity contribution in [1.29, 1.82) is 0 Å². The summed E-state index contributed by atoms with van der Waals surface area (Å²) in [5.41, 5.74) is 14.3. The molecule has 2 rings (SSSR count). The molecule has 0 fully saturated rings. The Labute approximate surface area is 105 Å². The Balaban J connectivity index is 2.46. The van der Waals surface area contributed by atoms with Gasteiger partial charge >= 0.3 is 5.76 Å². The third-order valence-corrected chi connectivity index (χ3v) is 3.54. The van der Waals surface area contributed by atoms with Gasteiger partial charge in [-0.1, -0.05) is 19.4 Å². The lowest BCUT2D eigenvalue weighted by Gasteiger charge is -2.21. The Kier molecular flexibility index (Phi) is 3.54. The Bertz CT molecular complexity index is 596. The average Bonchev–Trinajstić information content (AvgIpc) is 2.66. The molecule has 1 heterocycles. The Hall–Kier alpha value is -1.59. The van der Waals surface area contributed by atoms with Crippen molar-refractivity contribution in [3.05, 3.63) is 34.3 Å². The first kappa shape index (κ1) is 12.9. The number of oxazole rings is 1. The maximum Gasteiger partial charge on any atom is 0.419 e. The maximum absolute atomic E-state index is 11.4. The van der Waals surface area contributed by atoms with E-state index in [1.807, 2.05) is 12.1 Å². The molecule has 0 saturated carbocycles. The standard InChI is InChI=1S/C13H19N3O2/c1-3-8(7-14)12(15)9-4-5-11-10(6-9)16(2)13(17)18-11/h4-6,8,12H,3,7,14-15H2,1-2H3. The first-order valence-corrected chi connectivity index (χ1v) is 6.13. The van der Waals surface area contributed by atoms with E-state index in [9.17, 15) is 4.79 Å². The van der Waals surface area contributed by atoms with E-state index in [4.69, 9.17) is 15.9 Å². The van der Waals surface area contributed by atoms with E-state index < -0.39 is 0 Å². The maximum atomic E-state index is 11.4. The number of aryl methyl sites for hydroxylation is 1. The van der Waals surface area contributed by atoms with Crippen LogP contribution in [0.5, 0.6) is 0 Å². The van der Waals surface area contributed by atoms with Gasteiger partial charge in [-0.25, -0.2) is 4.79 Å². The van der Waals surface area contributed by atoms with Crippen LogP contribution >= 0.6 is 0 Å². The molecule has 2 atom stereocenters.